The summed E-state index contributed by atoms with van der Waals surface area (Å²) in [7, 11) is 0. The van der Waals surface area contributed by atoms with Gasteiger partial charge in [0.1, 0.15) is 5.83 Å². The summed E-state index contributed by atoms with van der Waals surface area (Å²) >= 11 is 1.56. The molecule has 0 saturated heterocycles. The van der Waals surface area contributed by atoms with E-state index < -0.39 is 0 Å². The predicted octanol–water partition coefficient (Wildman–Crippen LogP) is 3.01. The highest BCUT2D eigenvalue weighted by Gasteiger charge is 2.18. The van der Waals surface area contributed by atoms with Crippen molar-refractivity contribution in [2.45, 2.75) is 34.1 Å². The van der Waals surface area contributed by atoms with Gasteiger partial charge in [0.05, 0.1) is 15.4 Å². The Balaban J connectivity index is 0.000000606. The van der Waals surface area contributed by atoms with E-state index in [0.29, 0.717) is 0 Å². The van der Waals surface area contributed by atoms with Gasteiger partial charge in [-0.15, -0.1) is 11.3 Å². The molecule has 2 rings (SSSR count). The molecule has 0 aliphatic heterocycles. The van der Waals surface area contributed by atoms with Gasteiger partial charge >= 0.3 is 0 Å². The van der Waals surface area contributed by atoms with E-state index in [1.54, 1.807) is 22.9 Å². The van der Waals surface area contributed by atoms with Crippen LogP contribution in [-0.2, 0) is 0 Å². The molecule has 3 heteroatoms. The van der Waals surface area contributed by atoms with E-state index in [0.717, 1.165) is 16.3 Å². The molecule has 0 bridgehead atoms. The number of nitrogens with zero attached hydrogens (tertiary/aromatic N) is 1. The second-order valence-corrected chi connectivity index (χ2v) is 4.67. The lowest BCUT2D eigenvalue weighted by atomic mass is 9.87. The van der Waals surface area contributed by atoms with E-state index >= 15 is 0 Å². The maximum absolute atomic E-state index is 13.4. The van der Waals surface area contributed by atoms with Crippen molar-refractivity contribution in [1.29, 1.82) is 0 Å². The van der Waals surface area contributed by atoms with Gasteiger partial charge in [-0.2, -0.15) is 0 Å². The summed E-state index contributed by atoms with van der Waals surface area (Å²) in [6, 6.07) is 0. The zero-order valence-electron chi connectivity index (χ0n) is 10.2. The highest BCUT2D eigenvalue weighted by Crippen LogP contribution is 2.28. The summed E-state index contributed by atoms with van der Waals surface area (Å²) < 4.78 is 14.5. The SMILES string of the molecule is CC.CCC1(C)C=C(F)C=c2ncsc2=C1. The van der Waals surface area contributed by atoms with E-state index in [1.165, 1.54) is 6.08 Å². The number of fused-ring (bicyclic) bond motifs is 1. The largest absolute Gasteiger partial charge is 0.245 e. The average Bonchev–Trinajstić information content (AvgIpc) is 2.63. The van der Waals surface area contributed by atoms with Crippen LogP contribution in [0.15, 0.2) is 17.4 Å². The minimum Gasteiger partial charge on any atom is -0.245 e. The van der Waals surface area contributed by atoms with Crippen LogP contribution in [0.5, 0.6) is 0 Å². The average molecular weight is 239 g/mol. The molecule has 88 valence electrons. The van der Waals surface area contributed by atoms with Crippen molar-refractivity contribution in [2.75, 3.05) is 0 Å². The van der Waals surface area contributed by atoms with Gasteiger partial charge in [0.15, 0.2) is 0 Å². The third-order valence-corrected chi connectivity index (χ3v) is 3.38. The fourth-order valence-corrected chi connectivity index (χ4v) is 2.36. The first-order chi connectivity index (χ1) is 7.63. The van der Waals surface area contributed by atoms with Gasteiger partial charge in [0.2, 0.25) is 0 Å². The molecule has 0 fully saturated rings. The van der Waals surface area contributed by atoms with Gasteiger partial charge in [-0.3, -0.25) is 0 Å². The van der Waals surface area contributed by atoms with Crippen LogP contribution in [0.3, 0.4) is 0 Å². The first kappa shape index (κ1) is 13.1. The molecule has 1 unspecified atom stereocenters. The number of hydrogen-bond acceptors (Lipinski definition) is 2. The van der Waals surface area contributed by atoms with Crippen molar-refractivity contribution in [1.82, 2.24) is 4.98 Å². The molecule has 1 nitrogen and oxygen atoms in total. The normalized spacial score (nSPS) is 22.7. The summed E-state index contributed by atoms with van der Waals surface area (Å²) in [6.45, 7) is 8.10. The lowest BCUT2D eigenvalue weighted by Gasteiger charge is -2.18. The van der Waals surface area contributed by atoms with Crippen molar-refractivity contribution < 1.29 is 4.39 Å². The molecular weight excluding hydrogens is 221 g/mol. The third kappa shape index (κ3) is 2.79. The maximum atomic E-state index is 13.4. The quantitative estimate of drug-likeness (QED) is 0.734. The van der Waals surface area contributed by atoms with Gasteiger partial charge in [-0.25, -0.2) is 9.37 Å². The number of rotatable bonds is 1. The van der Waals surface area contributed by atoms with E-state index in [9.17, 15) is 4.39 Å². The van der Waals surface area contributed by atoms with E-state index in [2.05, 4.69) is 18.0 Å². The molecule has 0 spiro atoms. The van der Waals surface area contributed by atoms with Crippen molar-refractivity contribution in [2.24, 2.45) is 5.41 Å². The fourth-order valence-electron chi connectivity index (χ4n) is 1.51. The van der Waals surface area contributed by atoms with Gasteiger partial charge in [-0.1, -0.05) is 33.8 Å². The van der Waals surface area contributed by atoms with E-state index in [-0.39, 0.29) is 11.2 Å². The molecule has 1 aliphatic carbocycles. The second kappa shape index (κ2) is 5.39. The van der Waals surface area contributed by atoms with Crippen LogP contribution in [0.1, 0.15) is 34.1 Å². The Bertz CT molecular complexity index is 486. The van der Waals surface area contributed by atoms with Crippen molar-refractivity contribution in [3.63, 3.8) is 0 Å². The molecule has 0 saturated carbocycles. The molecule has 1 aromatic rings. The summed E-state index contributed by atoms with van der Waals surface area (Å²) in [6.07, 6.45) is 6.17. The van der Waals surface area contributed by atoms with Gasteiger partial charge in [0, 0.05) is 11.5 Å². The van der Waals surface area contributed by atoms with Crippen LogP contribution < -0.4 is 9.88 Å². The zero-order valence-corrected chi connectivity index (χ0v) is 11.1. The lowest BCUT2D eigenvalue weighted by Crippen LogP contribution is -2.22. The molecule has 0 aromatic carbocycles. The standard InChI is InChI=1S/C11H12FNS.C2H6/c1-3-11(2)5-8(12)4-9-10(6-11)14-7-13-9;1-2/h4-7H,3H2,1-2H3;1-2H3. The van der Waals surface area contributed by atoms with E-state index in [1.807, 2.05) is 20.8 Å². The number of halogens is 1. The Morgan fingerprint density at radius 2 is 2.06 bits per heavy atom. The zero-order chi connectivity index (χ0) is 12.2. The van der Waals surface area contributed by atoms with Gasteiger partial charge in [0.25, 0.3) is 0 Å². The third-order valence-electron chi connectivity index (χ3n) is 2.59. The first-order valence-electron chi connectivity index (χ1n) is 5.65. The number of thiazole rings is 1. The van der Waals surface area contributed by atoms with Crippen molar-refractivity contribution in [3.8, 4) is 0 Å². The molecule has 1 aromatic heterocycles. The molecule has 1 atom stereocenters. The topological polar surface area (TPSA) is 12.9 Å². The van der Waals surface area contributed by atoms with E-state index in [4.69, 9.17) is 0 Å². The Morgan fingerprint density at radius 1 is 1.38 bits per heavy atom. The Kier molecular flexibility index (Phi) is 4.42. The molecule has 1 aliphatic rings. The van der Waals surface area contributed by atoms with Crippen molar-refractivity contribution in [3.05, 3.63) is 27.3 Å². The summed E-state index contributed by atoms with van der Waals surface area (Å²) in [4.78, 5) is 4.12. The summed E-state index contributed by atoms with van der Waals surface area (Å²) in [5.74, 6) is -0.185. The monoisotopic (exact) mass is 239 g/mol. The predicted molar refractivity (Wildman–Crippen MR) is 69.2 cm³/mol. The number of aromatic nitrogens is 1. The highest BCUT2D eigenvalue weighted by atomic mass is 32.1. The molecular formula is C13H18FNS. The maximum Gasteiger partial charge on any atom is 0.122 e. The van der Waals surface area contributed by atoms with Gasteiger partial charge < -0.3 is 0 Å². The molecule has 0 radical (unpaired) electrons. The minimum absolute atomic E-state index is 0.182. The Hall–Kier alpha value is -0.960. The second-order valence-electron chi connectivity index (χ2n) is 3.78. The molecule has 0 N–H and O–H groups in total. The van der Waals surface area contributed by atoms with Crippen LogP contribution in [0, 0.1) is 5.41 Å². The lowest BCUT2D eigenvalue weighted by molar-refractivity contribution is 0.544. The first-order valence-corrected chi connectivity index (χ1v) is 6.53. The van der Waals surface area contributed by atoms with Crippen LogP contribution in [0.4, 0.5) is 4.39 Å². The molecule has 16 heavy (non-hydrogen) atoms. The number of allylic oxidation sites excluding steroid dienone is 2. The number of hydrogen-bond donors (Lipinski definition) is 0. The summed E-state index contributed by atoms with van der Waals surface area (Å²) in [5, 5.41) is 0.751. The molecule has 1 heterocycles. The molecule has 0 amide bonds. The minimum atomic E-state index is -0.185. The highest BCUT2D eigenvalue weighted by molar-refractivity contribution is 7.07. The van der Waals surface area contributed by atoms with Crippen LogP contribution in [-0.4, -0.2) is 4.98 Å². The fraction of sp³-hybridized carbons (Fsp3) is 0.462. The van der Waals surface area contributed by atoms with Crippen molar-refractivity contribution >= 4 is 23.5 Å². The van der Waals surface area contributed by atoms with Gasteiger partial charge in [-0.05, 0) is 12.5 Å². The Labute approximate surface area is 100 Å². The van der Waals surface area contributed by atoms with Crippen LogP contribution in [0.25, 0.3) is 12.2 Å². The smallest absolute Gasteiger partial charge is 0.122 e. The summed E-state index contributed by atoms with van der Waals surface area (Å²) in [5.41, 5.74) is 1.57. The Morgan fingerprint density at radius 3 is 2.69 bits per heavy atom. The van der Waals surface area contributed by atoms with Crippen LogP contribution in [0.2, 0.25) is 0 Å². The van der Waals surface area contributed by atoms with Crippen LogP contribution >= 0.6 is 11.3 Å².